The van der Waals surface area contributed by atoms with Crippen LogP contribution < -0.4 is 16.0 Å². The van der Waals surface area contributed by atoms with Crippen LogP contribution in [-0.2, 0) is 9.59 Å². The molecule has 26 heavy (non-hydrogen) atoms. The van der Waals surface area contributed by atoms with Crippen molar-refractivity contribution in [3.8, 4) is 0 Å². The molecule has 0 bridgehead atoms. The molecule has 2 aliphatic heterocycles. The molecule has 1 aromatic carbocycles. The second-order valence-corrected chi connectivity index (χ2v) is 7.47. The van der Waals surface area contributed by atoms with Crippen LogP contribution in [0.1, 0.15) is 39.0 Å². The molecule has 2 heterocycles. The van der Waals surface area contributed by atoms with Gasteiger partial charge in [-0.3, -0.25) is 14.5 Å². The molecular formula is C20H30N4O2. The first kappa shape index (κ1) is 18.7. The van der Waals surface area contributed by atoms with Gasteiger partial charge in [-0.15, -0.1) is 0 Å². The second kappa shape index (κ2) is 8.54. The molecule has 0 saturated carbocycles. The summed E-state index contributed by atoms with van der Waals surface area (Å²) in [6.45, 7) is 5.61. The van der Waals surface area contributed by atoms with Gasteiger partial charge >= 0.3 is 0 Å². The summed E-state index contributed by atoms with van der Waals surface area (Å²) in [6.07, 6.45) is 5.29. The monoisotopic (exact) mass is 358 g/mol. The number of amides is 2. The van der Waals surface area contributed by atoms with Gasteiger partial charge in [0.15, 0.2) is 0 Å². The van der Waals surface area contributed by atoms with Gasteiger partial charge in [0, 0.05) is 30.4 Å². The predicted molar refractivity (Wildman–Crippen MR) is 104 cm³/mol. The molecule has 142 valence electrons. The van der Waals surface area contributed by atoms with Gasteiger partial charge in [0.2, 0.25) is 11.8 Å². The summed E-state index contributed by atoms with van der Waals surface area (Å²) < 4.78 is 0. The van der Waals surface area contributed by atoms with E-state index in [4.69, 9.17) is 5.73 Å². The number of benzene rings is 1. The van der Waals surface area contributed by atoms with Crippen molar-refractivity contribution in [1.29, 1.82) is 0 Å². The first-order valence-electron chi connectivity index (χ1n) is 9.74. The molecule has 2 aliphatic rings. The Kier molecular flexibility index (Phi) is 6.14. The van der Waals surface area contributed by atoms with Crippen LogP contribution in [-0.4, -0.2) is 48.9 Å². The topological polar surface area (TPSA) is 78.7 Å². The van der Waals surface area contributed by atoms with E-state index < -0.39 is 0 Å². The lowest BCUT2D eigenvalue weighted by Crippen LogP contribution is -2.47. The van der Waals surface area contributed by atoms with Crippen LogP contribution in [0.15, 0.2) is 24.3 Å². The number of anilines is 2. The van der Waals surface area contributed by atoms with Crippen LogP contribution in [0.3, 0.4) is 0 Å². The number of likely N-dealkylation sites (tertiary alicyclic amines) is 1. The highest BCUT2D eigenvalue weighted by Crippen LogP contribution is 2.23. The zero-order chi connectivity index (χ0) is 18.5. The maximum atomic E-state index is 12.6. The molecule has 2 fully saturated rings. The third-order valence-electron chi connectivity index (χ3n) is 5.72. The van der Waals surface area contributed by atoms with Crippen molar-refractivity contribution in [2.24, 2.45) is 11.7 Å². The van der Waals surface area contributed by atoms with Gasteiger partial charge in [-0.1, -0.05) is 0 Å². The molecular weight excluding hydrogens is 328 g/mol. The molecule has 0 unspecified atom stereocenters. The van der Waals surface area contributed by atoms with Crippen molar-refractivity contribution in [2.75, 3.05) is 36.4 Å². The van der Waals surface area contributed by atoms with E-state index in [0.29, 0.717) is 0 Å². The maximum absolute atomic E-state index is 12.6. The van der Waals surface area contributed by atoms with E-state index in [2.05, 4.69) is 27.2 Å². The zero-order valence-electron chi connectivity index (χ0n) is 15.6. The standard InChI is InChI=1S/C20H30N4O2/c1-15(23-13-9-16(10-14-23)19(21)25)20(26)22-17-5-7-18(8-6-17)24-11-3-2-4-12-24/h5-8,15-16H,2-4,9-14H2,1H3,(H2,21,25)(H,22,26)/t15-/m1/s1. The first-order valence-corrected chi connectivity index (χ1v) is 9.74. The second-order valence-electron chi connectivity index (χ2n) is 7.47. The smallest absolute Gasteiger partial charge is 0.241 e. The van der Waals surface area contributed by atoms with Gasteiger partial charge in [-0.25, -0.2) is 0 Å². The lowest BCUT2D eigenvalue weighted by Gasteiger charge is -2.34. The van der Waals surface area contributed by atoms with E-state index in [-0.39, 0.29) is 23.8 Å². The van der Waals surface area contributed by atoms with Crippen molar-refractivity contribution in [2.45, 2.75) is 45.1 Å². The summed E-state index contributed by atoms with van der Waals surface area (Å²) in [6, 6.07) is 7.92. The Morgan fingerprint density at radius 2 is 1.65 bits per heavy atom. The number of carbonyl (C=O) groups excluding carboxylic acids is 2. The van der Waals surface area contributed by atoms with Gasteiger partial charge in [0.05, 0.1) is 6.04 Å². The number of primary amides is 1. The molecule has 0 spiro atoms. The lowest BCUT2D eigenvalue weighted by atomic mass is 9.95. The van der Waals surface area contributed by atoms with E-state index in [1.165, 1.54) is 24.9 Å². The number of nitrogens with two attached hydrogens (primary N) is 1. The van der Waals surface area contributed by atoms with Gasteiger partial charge in [0.25, 0.3) is 0 Å². The third kappa shape index (κ3) is 4.55. The van der Waals surface area contributed by atoms with Crippen LogP contribution in [0.5, 0.6) is 0 Å². The average molecular weight is 358 g/mol. The van der Waals surface area contributed by atoms with Crippen molar-refractivity contribution in [3.05, 3.63) is 24.3 Å². The number of rotatable bonds is 5. The molecule has 6 heteroatoms. The van der Waals surface area contributed by atoms with Crippen molar-refractivity contribution in [1.82, 2.24) is 4.90 Å². The van der Waals surface area contributed by atoms with Gasteiger partial charge in [-0.05, 0) is 76.4 Å². The lowest BCUT2D eigenvalue weighted by molar-refractivity contribution is -0.124. The number of carbonyl (C=O) groups is 2. The Morgan fingerprint density at radius 1 is 1.04 bits per heavy atom. The highest BCUT2D eigenvalue weighted by atomic mass is 16.2. The molecule has 0 aliphatic carbocycles. The molecule has 6 nitrogen and oxygen atoms in total. The summed E-state index contributed by atoms with van der Waals surface area (Å²) in [5, 5.41) is 3.01. The highest BCUT2D eigenvalue weighted by molar-refractivity contribution is 5.94. The van der Waals surface area contributed by atoms with Gasteiger partial charge in [0.1, 0.15) is 0 Å². The van der Waals surface area contributed by atoms with E-state index in [9.17, 15) is 9.59 Å². The van der Waals surface area contributed by atoms with E-state index in [0.717, 1.165) is 44.7 Å². The molecule has 1 atom stereocenters. The molecule has 1 aromatic rings. The van der Waals surface area contributed by atoms with Crippen LogP contribution in [0.2, 0.25) is 0 Å². The Bertz CT molecular complexity index is 617. The summed E-state index contributed by atoms with van der Waals surface area (Å²) in [7, 11) is 0. The molecule has 3 rings (SSSR count). The maximum Gasteiger partial charge on any atom is 0.241 e. The zero-order valence-corrected chi connectivity index (χ0v) is 15.6. The minimum Gasteiger partial charge on any atom is -0.372 e. The summed E-state index contributed by atoms with van der Waals surface area (Å²) in [4.78, 5) is 28.4. The predicted octanol–water partition coefficient (Wildman–Crippen LogP) is 2.20. The van der Waals surface area contributed by atoms with Gasteiger partial charge in [-0.2, -0.15) is 0 Å². The van der Waals surface area contributed by atoms with Gasteiger partial charge < -0.3 is 16.0 Å². The summed E-state index contributed by atoms with van der Waals surface area (Å²) >= 11 is 0. The highest BCUT2D eigenvalue weighted by Gasteiger charge is 2.28. The SMILES string of the molecule is C[C@H](C(=O)Nc1ccc(N2CCCCC2)cc1)N1CCC(C(N)=O)CC1. The fraction of sp³-hybridized carbons (Fsp3) is 0.600. The minimum absolute atomic E-state index is 0.00625. The van der Waals surface area contributed by atoms with E-state index >= 15 is 0 Å². The van der Waals surface area contributed by atoms with Crippen LogP contribution in [0.4, 0.5) is 11.4 Å². The molecule has 0 aromatic heterocycles. The molecule has 0 radical (unpaired) electrons. The Morgan fingerprint density at radius 3 is 2.23 bits per heavy atom. The molecule has 2 saturated heterocycles. The van der Waals surface area contributed by atoms with E-state index in [1.54, 1.807) is 0 Å². The van der Waals surface area contributed by atoms with Crippen LogP contribution in [0.25, 0.3) is 0 Å². The minimum atomic E-state index is -0.226. The first-order chi connectivity index (χ1) is 12.5. The average Bonchev–Trinajstić information content (AvgIpc) is 2.68. The molecule has 2 amide bonds. The third-order valence-corrected chi connectivity index (χ3v) is 5.72. The van der Waals surface area contributed by atoms with Crippen LogP contribution >= 0.6 is 0 Å². The number of hydrogen-bond acceptors (Lipinski definition) is 4. The number of nitrogens with one attached hydrogen (secondary N) is 1. The fourth-order valence-corrected chi connectivity index (χ4v) is 3.89. The quantitative estimate of drug-likeness (QED) is 0.846. The van der Waals surface area contributed by atoms with E-state index in [1.807, 2.05) is 19.1 Å². The van der Waals surface area contributed by atoms with Crippen molar-refractivity contribution in [3.63, 3.8) is 0 Å². The number of nitrogens with zero attached hydrogens (tertiary/aromatic N) is 2. The Labute approximate surface area is 155 Å². The summed E-state index contributed by atoms with van der Waals surface area (Å²) in [5.41, 5.74) is 7.43. The van der Waals surface area contributed by atoms with Crippen molar-refractivity contribution >= 4 is 23.2 Å². The van der Waals surface area contributed by atoms with Crippen LogP contribution in [0, 0.1) is 5.92 Å². The van der Waals surface area contributed by atoms with Crippen molar-refractivity contribution < 1.29 is 9.59 Å². The Hall–Kier alpha value is -2.08. The largest absolute Gasteiger partial charge is 0.372 e. The number of hydrogen-bond donors (Lipinski definition) is 2. The number of piperidine rings is 2. The fourth-order valence-electron chi connectivity index (χ4n) is 3.89. The summed E-state index contributed by atoms with van der Waals surface area (Å²) in [5.74, 6) is -0.285. The molecule has 3 N–H and O–H groups in total. The Balaban J connectivity index is 1.51. The normalized spacial score (nSPS) is 20.6.